The van der Waals surface area contributed by atoms with Gasteiger partial charge in [-0.1, -0.05) is 30.1 Å². The van der Waals surface area contributed by atoms with Gasteiger partial charge in [-0.2, -0.15) is 4.31 Å². The molecule has 7 nitrogen and oxygen atoms in total. The van der Waals surface area contributed by atoms with E-state index in [2.05, 4.69) is 5.32 Å². The zero-order valence-electron chi connectivity index (χ0n) is 14.8. The lowest BCUT2D eigenvalue weighted by Gasteiger charge is -2.30. The van der Waals surface area contributed by atoms with Gasteiger partial charge in [0.1, 0.15) is 4.90 Å². The quantitative estimate of drug-likeness (QED) is 0.675. The molecule has 152 valence electrons. The Kier molecular flexibility index (Phi) is 7.54. The first-order valence-electron chi connectivity index (χ1n) is 8.50. The van der Waals surface area contributed by atoms with Crippen LogP contribution in [-0.4, -0.2) is 58.2 Å². The number of nitrogens with one attached hydrogen (secondary N) is 1. The molecule has 1 N–H and O–H groups in total. The highest BCUT2D eigenvalue weighted by Crippen LogP contribution is 2.30. The van der Waals surface area contributed by atoms with Crippen LogP contribution in [0.1, 0.15) is 19.8 Å². The summed E-state index contributed by atoms with van der Waals surface area (Å²) in [4.78, 5) is 12.1. The van der Waals surface area contributed by atoms with Crippen LogP contribution in [0.2, 0.25) is 10.0 Å². The Balaban J connectivity index is 1.94. The maximum atomic E-state index is 12.8. The van der Waals surface area contributed by atoms with Crippen LogP contribution in [0.25, 0.3) is 0 Å². The molecule has 2 rings (SSSR count). The fourth-order valence-corrected chi connectivity index (χ4v) is 5.70. The monoisotopic (exact) mass is 456 g/mol. The number of rotatable bonds is 7. The largest absolute Gasteiger partial charge is 0.355 e. The van der Waals surface area contributed by atoms with Crippen molar-refractivity contribution in [2.24, 2.45) is 5.92 Å². The predicted molar refractivity (Wildman–Crippen MR) is 105 cm³/mol. The van der Waals surface area contributed by atoms with E-state index < -0.39 is 19.9 Å². The summed E-state index contributed by atoms with van der Waals surface area (Å²) in [5.41, 5.74) is 0. The van der Waals surface area contributed by atoms with Gasteiger partial charge in [-0.15, -0.1) is 0 Å². The number of carbonyl (C=O) groups excluding carboxylic acids is 1. The number of amides is 1. The summed E-state index contributed by atoms with van der Waals surface area (Å²) in [6.45, 7) is 1.97. The Bertz CT molecular complexity index is 895. The molecule has 27 heavy (non-hydrogen) atoms. The van der Waals surface area contributed by atoms with E-state index in [1.54, 1.807) is 6.92 Å². The van der Waals surface area contributed by atoms with E-state index in [1.165, 1.54) is 22.5 Å². The van der Waals surface area contributed by atoms with Crippen molar-refractivity contribution in [1.29, 1.82) is 0 Å². The molecular weight excluding hydrogens is 435 g/mol. The molecule has 1 saturated heterocycles. The lowest BCUT2D eigenvalue weighted by Crippen LogP contribution is -2.43. The van der Waals surface area contributed by atoms with Crippen molar-refractivity contribution in [3.05, 3.63) is 28.2 Å². The molecule has 0 aliphatic carbocycles. The highest BCUT2D eigenvalue weighted by atomic mass is 35.5. The number of piperidine rings is 1. The SMILES string of the molecule is CCS(=O)(=O)CCNC(=O)C1CCN(S(=O)(=O)c2cc(Cl)ccc2Cl)CC1. The third kappa shape index (κ3) is 5.80. The molecule has 0 bridgehead atoms. The Hall–Kier alpha value is -0.870. The van der Waals surface area contributed by atoms with E-state index in [0.717, 1.165) is 0 Å². The van der Waals surface area contributed by atoms with Crippen LogP contribution in [0.5, 0.6) is 0 Å². The molecule has 0 atom stereocenters. The molecule has 0 aromatic heterocycles. The highest BCUT2D eigenvalue weighted by Gasteiger charge is 2.33. The normalized spacial score (nSPS) is 17.0. The van der Waals surface area contributed by atoms with Crippen molar-refractivity contribution < 1.29 is 21.6 Å². The van der Waals surface area contributed by atoms with Gasteiger partial charge in [-0.05, 0) is 31.0 Å². The van der Waals surface area contributed by atoms with Gasteiger partial charge < -0.3 is 5.32 Å². The van der Waals surface area contributed by atoms with Crippen LogP contribution >= 0.6 is 23.2 Å². The van der Waals surface area contributed by atoms with Crippen LogP contribution in [0, 0.1) is 5.92 Å². The standard InChI is InChI=1S/C16H22Cl2N2O5S2/c1-2-26(22,23)10-7-19-16(21)12-5-8-20(9-6-12)27(24,25)15-11-13(17)3-4-14(15)18/h3-4,11-12H,2,5-10H2,1H3,(H,19,21). The minimum Gasteiger partial charge on any atom is -0.355 e. The molecule has 11 heteroatoms. The second kappa shape index (κ2) is 9.09. The second-order valence-corrected chi connectivity index (χ2v) is 11.5. The van der Waals surface area contributed by atoms with Crippen molar-refractivity contribution >= 4 is 49.0 Å². The minimum atomic E-state index is -3.80. The Morgan fingerprint density at radius 3 is 2.41 bits per heavy atom. The van der Waals surface area contributed by atoms with Gasteiger partial charge in [-0.25, -0.2) is 16.8 Å². The van der Waals surface area contributed by atoms with Crippen LogP contribution in [0.15, 0.2) is 23.1 Å². The predicted octanol–water partition coefficient (Wildman–Crippen LogP) is 1.95. The first-order chi connectivity index (χ1) is 12.6. The van der Waals surface area contributed by atoms with Crippen LogP contribution in [-0.2, 0) is 24.7 Å². The van der Waals surface area contributed by atoms with E-state index in [-0.39, 0.29) is 57.9 Å². The summed E-state index contributed by atoms with van der Waals surface area (Å²) in [7, 11) is -6.94. The Labute approximate surface area is 170 Å². The first-order valence-corrected chi connectivity index (χ1v) is 12.5. The van der Waals surface area contributed by atoms with E-state index in [4.69, 9.17) is 23.2 Å². The molecule has 1 aliphatic rings. The van der Waals surface area contributed by atoms with E-state index in [1.807, 2.05) is 0 Å². The van der Waals surface area contributed by atoms with E-state index in [0.29, 0.717) is 12.8 Å². The third-order valence-electron chi connectivity index (χ3n) is 4.49. The molecule has 1 aromatic carbocycles. The molecule has 1 heterocycles. The van der Waals surface area contributed by atoms with E-state index >= 15 is 0 Å². The van der Waals surface area contributed by atoms with Crippen molar-refractivity contribution in [1.82, 2.24) is 9.62 Å². The van der Waals surface area contributed by atoms with Crippen molar-refractivity contribution in [3.8, 4) is 0 Å². The van der Waals surface area contributed by atoms with Gasteiger partial charge in [0.05, 0.1) is 10.8 Å². The Morgan fingerprint density at radius 1 is 1.19 bits per heavy atom. The summed E-state index contributed by atoms with van der Waals surface area (Å²) in [6.07, 6.45) is 0.702. The van der Waals surface area contributed by atoms with Crippen LogP contribution in [0.4, 0.5) is 0 Å². The van der Waals surface area contributed by atoms with Crippen molar-refractivity contribution in [3.63, 3.8) is 0 Å². The van der Waals surface area contributed by atoms with Crippen LogP contribution < -0.4 is 5.32 Å². The summed E-state index contributed by atoms with van der Waals surface area (Å²) in [6, 6.07) is 4.26. The average molecular weight is 457 g/mol. The summed E-state index contributed by atoms with van der Waals surface area (Å²) in [5.74, 6) is -0.671. The van der Waals surface area contributed by atoms with E-state index in [9.17, 15) is 21.6 Å². The molecule has 0 saturated carbocycles. The van der Waals surface area contributed by atoms with Gasteiger partial charge in [0.15, 0.2) is 9.84 Å². The lowest BCUT2D eigenvalue weighted by atomic mass is 9.97. The third-order valence-corrected chi connectivity index (χ3v) is 8.81. The highest BCUT2D eigenvalue weighted by molar-refractivity contribution is 7.91. The average Bonchev–Trinajstić information content (AvgIpc) is 2.63. The number of nitrogens with zero attached hydrogens (tertiary/aromatic N) is 1. The van der Waals surface area contributed by atoms with Crippen molar-refractivity contribution in [2.45, 2.75) is 24.7 Å². The van der Waals surface area contributed by atoms with Gasteiger partial charge in [0.25, 0.3) is 0 Å². The Morgan fingerprint density at radius 2 is 1.81 bits per heavy atom. The van der Waals surface area contributed by atoms with Gasteiger partial charge in [0.2, 0.25) is 15.9 Å². The number of carbonyl (C=O) groups is 1. The maximum absolute atomic E-state index is 12.8. The second-order valence-electron chi connectivity index (χ2n) is 6.28. The number of hydrogen-bond donors (Lipinski definition) is 1. The van der Waals surface area contributed by atoms with Crippen molar-refractivity contribution in [2.75, 3.05) is 31.1 Å². The fraction of sp³-hybridized carbons (Fsp3) is 0.562. The number of sulfone groups is 1. The lowest BCUT2D eigenvalue weighted by molar-refractivity contribution is -0.125. The van der Waals surface area contributed by atoms with Crippen LogP contribution in [0.3, 0.4) is 0 Å². The smallest absolute Gasteiger partial charge is 0.244 e. The molecule has 1 fully saturated rings. The number of halogens is 2. The summed E-state index contributed by atoms with van der Waals surface area (Å²) >= 11 is 11.9. The fourth-order valence-electron chi connectivity index (χ4n) is 2.79. The summed E-state index contributed by atoms with van der Waals surface area (Å²) in [5, 5.41) is 2.99. The number of benzene rings is 1. The minimum absolute atomic E-state index is 0.0329. The molecule has 1 aliphatic heterocycles. The number of hydrogen-bond acceptors (Lipinski definition) is 5. The first kappa shape index (κ1) is 22.4. The maximum Gasteiger partial charge on any atom is 0.244 e. The topological polar surface area (TPSA) is 101 Å². The van der Waals surface area contributed by atoms with Gasteiger partial charge in [-0.3, -0.25) is 4.79 Å². The van der Waals surface area contributed by atoms with Gasteiger partial charge >= 0.3 is 0 Å². The summed E-state index contributed by atoms with van der Waals surface area (Å²) < 4.78 is 49.7. The molecule has 0 unspecified atom stereocenters. The van der Waals surface area contributed by atoms with Gasteiger partial charge in [0, 0.05) is 36.3 Å². The zero-order valence-corrected chi connectivity index (χ0v) is 18.0. The molecule has 1 amide bonds. The molecule has 1 aromatic rings. The zero-order chi connectivity index (χ0) is 20.2. The number of sulfonamides is 1. The molecule has 0 radical (unpaired) electrons. The molecular formula is C16H22Cl2N2O5S2. The molecule has 0 spiro atoms.